The van der Waals surface area contributed by atoms with Crippen molar-refractivity contribution in [3.63, 3.8) is 0 Å². The first kappa shape index (κ1) is 29.2. The molecule has 0 saturated heterocycles. The Kier molecular flexibility index (Phi) is 8.74. The molecule has 0 fully saturated rings. The number of benzene rings is 3. The van der Waals surface area contributed by atoms with Crippen LogP contribution in [0, 0.1) is 6.92 Å². The second-order valence-corrected chi connectivity index (χ2v) is 11.9. The molecule has 8 nitrogen and oxygen atoms in total. The molecular formula is C35H35N5O3S. The number of imidazole rings is 1. The van der Waals surface area contributed by atoms with Crippen molar-refractivity contribution in [3.8, 4) is 17.0 Å². The molecule has 44 heavy (non-hydrogen) atoms. The maximum Gasteiger partial charge on any atom is 0.261 e. The van der Waals surface area contributed by atoms with Crippen LogP contribution in [-0.2, 0) is 11.2 Å². The molecule has 0 bridgehead atoms. The number of ether oxygens (including phenoxy) is 1. The highest BCUT2D eigenvalue weighted by atomic mass is 32.1. The molecule has 3 heterocycles. The van der Waals surface area contributed by atoms with Gasteiger partial charge in [0.2, 0.25) is 5.91 Å². The quantitative estimate of drug-likeness (QED) is 0.112. The van der Waals surface area contributed by atoms with Crippen LogP contribution in [0.25, 0.3) is 32.9 Å². The van der Waals surface area contributed by atoms with E-state index in [1.54, 1.807) is 7.11 Å². The summed E-state index contributed by atoms with van der Waals surface area (Å²) in [5.41, 5.74) is 4.80. The van der Waals surface area contributed by atoms with Crippen molar-refractivity contribution in [3.05, 3.63) is 106 Å². The van der Waals surface area contributed by atoms with Crippen molar-refractivity contribution in [2.24, 2.45) is 0 Å². The maximum absolute atomic E-state index is 13.5. The third-order valence-electron chi connectivity index (χ3n) is 7.94. The molecule has 4 N–H and O–H groups in total. The number of hydrogen-bond donors (Lipinski definition) is 4. The second-order valence-electron chi connectivity index (χ2n) is 10.9. The lowest BCUT2D eigenvalue weighted by Crippen LogP contribution is -2.31. The summed E-state index contributed by atoms with van der Waals surface area (Å²) >= 11 is 1.43. The Labute approximate surface area is 259 Å². The number of amides is 2. The fourth-order valence-electron chi connectivity index (χ4n) is 5.59. The van der Waals surface area contributed by atoms with Crippen LogP contribution in [-0.4, -0.2) is 40.4 Å². The number of carbonyl (C=O) groups excluding carboxylic acids is 2. The number of fused-ring (bicyclic) bond motifs is 2. The lowest BCUT2D eigenvalue weighted by Gasteiger charge is -2.17. The number of nitrogens with one attached hydrogen (secondary N) is 4. The number of rotatable bonds is 12. The SMILES string of the molecule is COc1ccc2[nH]c(C)c(CC(=O)N[C@@H](CCCCNC(=O)c3cccs3)c3ncc(-c4ccc5ccccc5c4)[nH]3)c2c1. The number of hydrogen-bond acceptors (Lipinski definition) is 5. The third-order valence-corrected chi connectivity index (χ3v) is 8.80. The van der Waals surface area contributed by atoms with Gasteiger partial charge < -0.3 is 25.3 Å². The van der Waals surface area contributed by atoms with E-state index < -0.39 is 0 Å². The molecule has 6 rings (SSSR count). The van der Waals surface area contributed by atoms with E-state index in [1.165, 1.54) is 16.7 Å². The van der Waals surface area contributed by atoms with Crippen molar-refractivity contribution in [1.82, 2.24) is 25.6 Å². The van der Waals surface area contributed by atoms with E-state index in [9.17, 15) is 9.59 Å². The van der Waals surface area contributed by atoms with Crippen molar-refractivity contribution in [2.75, 3.05) is 13.7 Å². The molecule has 3 aromatic carbocycles. The fraction of sp³-hybridized carbons (Fsp3) is 0.229. The minimum absolute atomic E-state index is 0.0540. The lowest BCUT2D eigenvalue weighted by molar-refractivity contribution is -0.121. The van der Waals surface area contributed by atoms with E-state index >= 15 is 0 Å². The second kappa shape index (κ2) is 13.2. The molecule has 0 spiro atoms. The Morgan fingerprint density at radius 3 is 2.66 bits per heavy atom. The van der Waals surface area contributed by atoms with Crippen molar-refractivity contribution in [1.29, 1.82) is 0 Å². The Morgan fingerprint density at radius 1 is 0.977 bits per heavy atom. The molecule has 0 aliphatic carbocycles. The number of aryl methyl sites for hydroxylation is 1. The summed E-state index contributed by atoms with van der Waals surface area (Å²) in [5.74, 6) is 1.32. The van der Waals surface area contributed by atoms with E-state index in [0.717, 1.165) is 57.4 Å². The van der Waals surface area contributed by atoms with Gasteiger partial charge in [-0.1, -0.05) is 42.5 Å². The van der Waals surface area contributed by atoms with Gasteiger partial charge in [0.15, 0.2) is 0 Å². The van der Waals surface area contributed by atoms with E-state index in [1.807, 2.05) is 61.0 Å². The van der Waals surface area contributed by atoms with Gasteiger partial charge in [0.25, 0.3) is 5.91 Å². The van der Waals surface area contributed by atoms with Gasteiger partial charge in [0.05, 0.1) is 36.3 Å². The summed E-state index contributed by atoms with van der Waals surface area (Å²) in [5, 5.41) is 11.4. The van der Waals surface area contributed by atoms with Crippen molar-refractivity contribution in [2.45, 2.75) is 38.6 Å². The molecule has 2 amide bonds. The standard InChI is InChI=1S/C35H35N5O3S/c1-22-27(28-19-26(43-2)14-15-29(28)38-22)20-33(41)39-30(10-5-6-16-36-35(42)32-11-7-17-44-32)34-37-21-31(40-34)25-13-12-23-8-3-4-9-24(23)18-25/h3-4,7-9,11-15,17-19,21,30,38H,5-6,10,16,20H2,1-2H3,(H,36,42)(H,37,40)(H,39,41)/t30-/m0/s1. The van der Waals surface area contributed by atoms with Gasteiger partial charge in [-0.15, -0.1) is 11.3 Å². The molecule has 1 atom stereocenters. The summed E-state index contributed by atoms with van der Waals surface area (Å²) in [6, 6.07) is 23.8. The molecule has 0 aliphatic heterocycles. The Bertz CT molecular complexity index is 1910. The zero-order valence-corrected chi connectivity index (χ0v) is 25.6. The van der Waals surface area contributed by atoms with Crippen molar-refractivity contribution < 1.29 is 14.3 Å². The summed E-state index contributed by atoms with van der Waals surface area (Å²) in [6.07, 6.45) is 4.31. The van der Waals surface area contributed by atoms with E-state index in [2.05, 4.69) is 50.9 Å². The van der Waals surface area contributed by atoms with E-state index in [-0.39, 0.29) is 24.3 Å². The molecule has 0 aliphatic rings. The van der Waals surface area contributed by atoms with Crippen LogP contribution in [0.3, 0.4) is 0 Å². The van der Waals surface area contributed by atoms with Gasteiger partial charge in [-0.05, 0) is 78.2 Å². The monoisotopic (exact) mass is 605 g/mol. The number of carbonyl (C=O) groups is 2. The summed E-state index contributed by atoms with van der Waals surface area (Å²) < 4.78 is 5.42. The molecule has 0 radical (unpaired) electrons. The molecule has 6 aromatic rings. The first-order chi connectivity index (χ1) is 21.5. The molecule has 3 aromatic heterocycles. The van der Waals surface area contributed by atoms with Crippen LogP contribution in [0.15, 0.2) is 84.4 Å². The topological polar surface area (TPSA) is 112 Å². The predicted molar refractivity (Wildman–Crippen MR) is 176 cm³/mol. The first-order valence-electron chi connectivity index (χ1n) is 14.8. The number of aromatic amines is 2. The first-order valence-corrected chi connectivity index (χ1v) is 15.7. The molecular weight excluding hydrogens is 570 g/mol. The van der Waals surface area contributed by atoms with Gasteiger partial charge >= 0.3 is 0 Å². The zero-order chi connectivity index (χ0) is 30.5. The van der Waals surface area contributed by atoms with Crippen LogP contribution < -0.4 is 15.4 Å². The summed E-state index contributed by atoms with van der Waals surface area (Å²) in [7, 11) is 1.64. The van der Waals surface area contributed by atoms with Crippen LogP contribution in [0.5, 0.6) is 5.75 Å². The number of nitrogens with zero attached hydrogens (tertiary/aromatic N) is 1. The molecule has 0 saturated carbocycles. The number of unbranched alkanes of at least 4 members (excludes halogenated alkanes) is 1. The third kappa shape index (κ3) is 6.53. The van der Waals surface area contributed by atoms with Crippen LogP contribution in [0.4, 0.5) is 0 Å². The van der Waals surface area contributed by atoms with Gasteiger partial charge in [0, 0.05) is 28.7 Å². The smallest absolute Gasteiger partial charge is 0.261 e. The minimum Gasteiger partial charge on any atom is -0.497 e. The average molecular weight is 606 g/mol. The summed E-state index contributed by atoms with van der Waals surface area (Å²) in [4.78, 5) is 38.1. The Morgan fingerprint density at radius 2 is 1.84 bits per heavy atom. The Balaban J connectivity index is 1.17. The number of H-pyrrole nitrogens is 2. The fourth-order valence-corrected chi connectivity index (χ4v) is 6.23. The number of thiophene rings is 1. The van der Waals surface area contributed by atoms with Crippen LogP contribution in [0.2, 0.25) is 0 Å². The predicted octanol–water partition coefficient (Wildman–Crippen LogP) is 7.09. The lowest BCUT2D eigenvalue weighted by atomic mass is 10.0. The summed E-state index contributed by atoms with van der Waals surface area (Å²) in [6.45, 7) is 2.55. The highest BCUT2D eigenvalue weighted by Crippen LogP contribution is 2.28. The van der Waals surface area contributed by atoms with Gasteiger partial charge in [0.1, 0.15) is 11.6 Å². The van der Waals surface area contributed by atoms with Gasteiger partial charge in [-0.2, -0.15) is 0 Å². The molecule has 0 unspecified atom stereocenters. The minimum atomic E-state index is -0.315. The number of aromatic nitrogens is 3. The van der Waals surface area contributed by atoms with Gasteiger partial charge in [-0.25, -0.2) is 4.98 Å². The molecule has 224 valence electrons. The zero-order valence-electron chi connectivity index (χ0n) is 24.8. The highest BCUT2D eigenvalue weighted by Gasteiger charge is 2.21. The largest absolute Gasteiger partial charge is 0.497 e. The van der Waals surface area contributed by atoms with Crippen LogP contribution in [0.1, 0.15) is 52.1 Å². The normalized spacial score (nSPS) is 12.0. The number of methoxy groups -OCH3 is 1. The van der Waals surface area contributed by atoms with E-state index in [4.69, 9.17) is 9.72 Å². The molecule has 9 heteroatoms. The highest BCUT2D eigenvalue weighted by molar-refractivity contribution is 7.12. The maximum atomic E-state index is 13.5. The van der Waals surface area contributed by atoms with Gasteiger partial charge in [-0.3, -0.25) is 9.59 Å². The van der Waals surface area contributed by atoms with Crippen molar-refractivity contribution >= 4 is 44.8 Å². The Hall–Kier alpha value is -4.89. The average Bonchev–Trinajstić information content (AvgIpc) is 3.81. The van der Waals surface area contributed by atoms with E-state index in [0.29, 0.717) is 23.7 Å². The van der Waals surface area contributed by atoms with Crippen LogP contribution >= 0.6 is 11.3 Å².